The summed E-state index contributed by atoms with van der Waals surface area (Å²) in [7, 11) is 1.51. The molecular weight excluding hydrogens is 375 g/mol. The van der Waals surface area contributed by atoms with Gasteiger partial charge in [0.05, 0.1) is 12.0 Å². The number of halogens is 1. The number of rotatable bonds is 7. The van der Waals surface area contributed by atoms with Gasteiger partial charge in [0, 0.05) is 7.11 Å². The fourth-order valence-corrected chi connectivity index (χ4v) is 3.54. The van der Waals surface area contributed by atoms with Crippen LogP contribution in [0, 0.1) is 12.7 Å². The quantitative estimate of drug-likeness (QED) is 0.491. The topological polar surface area (TPSA) is 90.5 Å². The molecule has 0 amide bonds. The highest BCUT2D eigenvalue weighted by Crippen LogP contribution is 2.27. The molecule has 0 atom stereocenters. The van der Waals surface area contributed by atoms with Crippen LogP contribution in [0.5, 0.6) is 5.75 Å². The fraction of sp³-hybridized carbons (Fsp3) is 0.278. The number of para-hydroxylation sites is 1. The second-order valence-corrected chi connectivity index (χ2v) is 6.60. The first kappa shape index (κ1) is 19.0. The fourth-order valence-electron chi connectivity index (χ4n) is 2.44. The molecule has 1 aromatic carbocycles. The Morgan fingerprint density at radius 1 is 1.30 bits per heavy atom. The lowest BCUT2D eigenvalue weighted by Crippen LogP contribution is -2.14. The van der Waals surface area contributed by atoms with Crippen molar-refractivity contribution >= 4 is 27.5 Å². The van der Waals surface area contributed by atoms with E-state index in [1.165, 1.54) is 19.2 Å². The summed E-state index contributed by atoms with van der Waals surface area (Å²) in [6, 6.07) is 5.95. The monoisotopic (exact) mass is 392 g/mol. The predicted molar refractivity (Wildman–Crippen MR) is 97.9 cm³/mol. The third-order valence-electron chi connectivity index (χ3n) is 3.76. The zero-order valence-corrected chi connectivity index (χ0v) is 15.5. The molecule has 0 aliphatic heterocycles. The van der Waals surface area contributed by atoms with E-state index in [4.69, 9.17) is 14.2 Å². The first-order chi connectivity index (χ1) is 13.0. The summed E-state index contributed by atoms with van der Waals surface area (Å²) in [6.45, 7) is 1.95. The standard InChI is InChI=1S/C18H17FN2O5S/c1-10-14-16(22)20-13(9-26-12-6-4-3-5-11(12)19)21-17(14)27-15(10)18(23)25-8-7-24-2/h3-6H,7-9H2,1-2H3,(H,20,21,22). The largest absolute Gasteiger partial charge is 0.483 e. The van der Waals surface area contributed by atoms with E-state index in [0.717, 1.165) is 11.3 Å². The predicted octanol–water partition coefficient (Wildman–Crippen LogP) is 2.81. The number of nitrogens with one attached hydrogen (secondary N) is 1. The second-order valence-electron chi connectivity index (χ2n) is 5.60. The highest BCUT2D eigenvalue weighted by atomic mass is 32.1. The van der Waals surface area contributed by atoms with Crippen LogP contribution in [-0.2, 0) is 16.1 Å². The Morgan fingerprint density at radius 2 is 2.07 bits per heavy atom. The van der Waals surface area contributed by atoms with Gasteiger partial charge >= 0.3 is 5.97 Å². The number of benzene rings is 1. The van der Waals surface area contributed by atoms with Crippen LogP contribution in [-0.4, -0.2) is 36.3 Å². The van der Waals surface area contributed by atoms with Gasteiger partial charge in [-0.25, -0.2) is 14.2 Å². The Bertz CT molecular complexity index is 1030. The van der Waals surface area contributed by atoms with E-state index in [9.17, 15) is 14.0 Å². The van der Waals surface area contributed by atoms with E-state index in [-0.39, 0.29) is 31.4 Å². The minimum Gasteiger partial charge on any atom is -0.483 e. The average Bonchev–Trinajstić information content (AvgIpc) is 2.98. The van der Waals surface area contributed by atoms with Crippen molar-refractivity contribution in [2.24, 2.45) is 0 Å². The van der Waals surface area contributed by atoms with Crippen molar-refractivity contribution in [2.75, 3.05) is 20.3 Å². The number of aryl methyl sites for hydroxylation is 1. The van der Waals surface area contributed by atoms with E-state index in [2.05, 4.69) is 9.97 Å². The van der Waals surface area contributed by atoms with E-state index in [1.807, 2.05) is 0 Å². The second kappa shape index (κ2) is 8.28. The number of hydrogen-bond acceptors (Lipinski definition) is 7. The third-order valence-corrected chi connectivity index (χ3v) is 4.92. The van der Waals surface area contributed by atoms with Crippen molar-refractivity contribution in [1.29, 1.82) is 0 Å². The maximum atomic E-state index is 13.6. The summed E-state index contributed by atoms with van der Waals surface area (Å²) in [5, 5.41) is 0.327. The lowest BCUT2D eigenvalue weighted by atomic mass is 10.2. The molecule has 0 aliphatic rings. The molecule has 2 heterocycles. The summed E-state index contributed by atoms with van der Waals surface area (Å²) in [4.78, 5) is 32.2. The van der Waals surface area contributed by atoms with Crippen LogP contribution in [0.15, 0.2) is 29.1 Å². The molecule has 0 unspecified atom stereocenters. The number of thiophene rings is 1. The number of carbonyl (C=O) groups is 1. The van der Waals surface area contributed by atoms with Crippen LogP contribution in [0.2, 0.25) is 0 Å². The Kier molecular flexibility index (Phi) is 5.82. The Balaban J connectivity index is 1.84. The van der Waals surface area contributed by atoms with Gasteiger partial charge in [0.15, 0.2) is 11.6 Å². The number of aromatic nitrogens is 2. The van der Waals surface area contributed by atoms with Gasteiger partial charge in [-0.2, -0.15) is 0 Å². The third kappa shape index (κ3) is 4.15. The molecule has 0 bridgehead atoms. The zero-order valence-electron chi connectivity index (χ0n) is 14.7. The number of fused-ring (bicyclic) bond motifs is 1. The first-order valence-electron chi connectivity index (χ1n) is 8.07. The highest BCUT2D eigenvalue weighted by Gasteiger charge is 2.20. The molecule has 0 aliphatic carbocycles. The normalized spacial score (nSPS) is 10.9. The Morgan fingerprint density at radius 3 is 2.81 bits per heavy atom. The molecule has 142 valence electrons. The first-order valence-corrected chi connectivity index (χ1v) is 8.88. The van der Waals surface area contributed by atoms with Crippen molar-refractivity contribution in [3.8, 4) is 5.75 Å². The summed E-state index contributed by atoms with van der Waals surface area (Å²) >= 11 is 1.07. The van der Waals surface area contributed by atoms with Gasteiger partial charge in [-0.15, -0.1) is 11.3 Å². The summed E-state index contributed by atoms with van der Waals surface area (Å²) in [5.74, 6) is -0.744. The molecule has 0 radical (unpaired) electrons. The molecule has 0 saturated heterocycles. The van der Waals surface area contributed by atoms with E-state index < -0.39 is 17.3 Å². The number of carbonyl (C=O) groups excluding carboxylic acids is 1. The van der Waals surface area contributed by atoms with Crippen molar-refractivity contribution in [3.63, 3.8) is 0 Å². The highest BCUT2D eigenvalue weighted by molar-refractivity contribution is 7.20. The molecule has 1 N–H and O–H groups in total. The SMILES string of the molecule is COCCOC(=O)c1sc2nc(COc3ccccc3F)[nH]c(=O)c2c1C. The molecule has 3 aromatic rings. The van der Waals surface area contributed by atoms with Gasteiger partial charge < -0.3 is 19.2 Å². The van der Waals surface area contributed by atoms with Crippen molar-refractivity contribution in [1.82, 2.24) is 9.97 Å². The van der Waals surface area contributed by atoms with Gasteiger partial charge in [-0.3, -0.25) is 4.79 Å². The van der Waals surface area contributed by atoms with Gasteiger partial charge in [-0.05, 0) is 24.6 Å². The number of H-pyrrole nitrogens is 1. The van der Waals surface area contributed by atoms with Crippen molar-refractivity contribution in [2.45, 2.75) is 13.5 Å². The lowest BCUT2D eigenvalue weighted by Gasteiger charge is -2.06. The summed E-state index contributed by atoms with van der Waals surface area (Å²) in [6.07, 6.45) is 0. The number of ether oxygens (including phenoxy) is 3. The summed E-state index contributed by atoms with van der Waals surface area (Å²) in [5.41, 5.74) is 0.115. The van der Waals surface area contributed by atoms with Gasteiger partial charge in [-0.1, -0.05) is 12.1 Å². The van der Waals surface area contributed by atoms with E-state index in [0.29, 0.717) is 20.7 Å². The van der Waals surface area contributed by atoms with Crippen LogP contribution in [0.4, 0.5) is 4.39 Å². The molecule has 9 heteroatoms. The van der Waals surface area contributed by atoms with Crippen LogP contribution in [0.25, 0.3) is 10.2 Å². The minimum absolute atomic E-state index is 0.0602. The molecule has 2 aromatic heterocycles. The molecule has 0 spiro atoms. The number of aromatic amines is 1. The maximum absolute atomic E-state index is 13.6. The van der Waals surface area contributed by atoms with Gasteiger partial charge in [0.2, 0.25) is 0 Å². The smallest absolute Gasteiger partial charge is 0.348 e. The van der Waals surface area contributed by atoms with E-state index >= 15 is 0 Å². The van der Waals surface area contributed by atoms with Crippen molar-refractivity contribution in [3.05, 3.63) is 56.7 Å². The van der Waals surface area contributed by atoms with Crippen LogP contribution < -0.4 is 10.3 Å². The number of hydrogen-bond donors (Lipinski definition) is 1. The molecule has 0 fully saturated rings. The summed E-state index contributed by atoms with van der Waals surface area (Å²) < 4.78 is 28.9. The Hall–Kier alpha value is -2.78. The average molecular weight is 392 g/mol. The number of esters is 1. The minimum atomic E-state index is -0.531. The number of nitrogens with zero attached hydrogens (tertiary/aromatic N) is 1. The van der Waals surface area contributed by atoms with E-state index in [1.54, 1.807) is 19.1 Å². The van der Waals surface area contributed by atoms with Crippen LogP contribution in [0.3, 0.4) is 0 Å². The molecule has 0 saturated carbocycles. The van der Waals surface area contributed by atoms with Gasteiger partial charge in [0.25, 0.3) is 5.56 Å². The van der Waals surface area contributed by atoms with Crippen LogP contribution in [0.1, 0.15) is 21.1 Å². The zero-order chi connectivity index (χ0) is 19.4. The molecule has 27 heavy (non-hydrogen) atoms. The lowest BCUT2D eigenvalue weighted by molar-refractivity contribution is 0.0393. The van der Waals surface area contributed by atoms with Gasteiger partial charge in [0.1, 0.15) is 28.7 Å². The Labute approximate surface area is 157 Å². The van der Waals surface area contributed by atoms with Crippen LogP contribution >= 0.6 is 11.3 Å². The molecule has 3 rings (SSSR count). The number of methoxy groups -OCH3 is 1. The van der Waals surface area contributed by atoms with Crippen molar-refractivity contribution < 1.29 is 23.4 Å². The molecular formula is C18H17FN2O5S. The molecule has 7 nitrogen and oxygen atoms in total. The maximum Gasteiger partial charge on any atom is 0.348 e.